The number of benzene rings is 3. The van der Waals surface area contributed by atoms with Gasteiger partial charge >= 0.3 is 0 Å². The first kappa shape index (κ1) is 18.3. The summed E-state index contributed by atoms with van der Waals surface area (Å²) < 4.78 is 0. The molecule has 144 valence electrons. The molecule has 1 aromatic heterocycles. The lowest BCUT2D eigenvalue weighted by molar-refractivity contribution is -0.112. The van der Waals surface area contributed by atoms with E-state index in [-0.39, 0.29) is 5.91 Å². The Kier molecular flexibility index (Phi) is 4.42. The number of amides is 2. The Morgan fingerprint density at radius 1 is 0.767 bits per heavy atom. The van der Waals surface area contributed by atoms with Gasteiger partial charge < -0.3 is 0 Å². The number of para-hydroxylation sites is 2. The van der Waals surface area contributed by atoms with Crippen LogP contribution < -0.4 is 4.90 Å². The highest BCUT2D eigenvalue weighted by molar-refractivity contribution is 6.43. The van der Waals surface area contributed by atoms with E-state index < -0.39 is 5.91 Å². The molecule has 1 aliphatic heterocycles. The number of nitrogens with zero attached hydrogens (tertiary/aromatic N) is 2. The number of anilines is 1. The van der Waals surface area contributed by atoms with E-state index in [1.54, 1.807) is 48.5 Å². The summed E-state index contributed by atoms with van der Waals surface area (Å²) in [6.45, 7) is 0. The van der Waals surface area contributed by atoms with Gasteiger partial charge in [0.1, 0.15) is 5.15 Å². The third-order valence-electron chi connectivity index (χ3n) is 5.10. The van der Waals surface area contributed by atoms with Crippen LogP contribution in [-0.4, -0.2) is 16.8 Å². The highest BCUT2D eigenvalue weighted by Crippen LogP contribution is 2.34. The molecule has 0 spiro atoms. The van der Waals surface area contributed by atoms with Crippen LogP contribution in [0.5, 0.6) is 0 Å². The highest BCUT2D eigenvalue weighted by atomic mass is 35.5. The van der Waals surface area contributed by atoms with Crippen LogP contribution in [0.1, 0.15) is 21.5 Å². The van der Waals surface area contributed by atoms with Crippen molar-refractivity contribution in [3.63, 3.8) is 0 Å². The lowest BCUT2D eigenvalue weighted by Crippen LogP contribution is -2.41. The zero-order valence-electron chi connectivity index (χ0n) is 15.7. The second-order valence-electron chi connectivity index (χ2n) is 6.95. The Bertz CT molecular complexity index is 1350. The minimum absolute atomic E-state index is 0.301. The summed E-state index contributed by atoms with van der Waals surface area (Å²) >= 11 is 6.43. The first-order valence-corrected chi connectivity index (χ1v) is 9.81. The van der Waals surface area contributed by atoms with E-state index in [1.807, 2.05) is 42.5 Å². The maximum Gasteiger partial charge on any atom is 0.265 e. The zero-order valence-corrected chi connectivity index (χ0v) is 16.5. The Morgan fingerprint density at radius 2 is 1.43 bits per heavy atom. The Labute approximate surface area is 178 Å². The fraction of sp³-hybridized carbons (Fsp3) is 0. The van der Waals surface area contributed by atoms with Gasteiger partial charge in [0.25, 0.3) is 11.8 Å². The molecule has 3 aromatic carbocycles. The summed E-state index contributed by atoms with van der Waals surface area (Å²) in [6.07, 6.45) is 1.71. The van der Waals surface area contributed by atoms with Crippen LogP contribution in [-0.2, 0) is 4.79 Å². The predicted octanol–water partition coefficient (Wildman–Crippen LogP) is 5.62. The SMILES string of the molecule is O=C1/C(=C\c2cc3ccccc3nc2Cl)c2ccccc2C(=O)N1c1ccccc1. The van der Waals surface area contributed by atoms with Crippen LogP contribution in [0, 0.1) is 0 Å². The molecule has 1 aliphatic rings. The average molecular weight is 411 g/mol. The fourth-order valence-corrected chi connectivity index (χ4v) is 3.87. The third-order valence-corrected chi connectivity index (χ3v) is 5.41. The number of hydrogen-bond donors (Lipinski definition) is 0. The van der Waals surface area contributed by atoms with Crippen molar-refractivity contribution in [3.8, 4) is 0 Å². The zero-order chi connectivity index (χ0) is 20.7. The number of carbonyl (C=O) groups is 2. The van der Waals surface area contributed by atoms with E-state index in [2.05, 4.69) is 4.98 Å². The molecule has 5 heteroatoms. The topological polar surface area (TPSA) is 50.3 Å². The number of aromatic nitrogens is 1. The molecule has 0 N–H and O–H groups in total. The van der Waals surface area contributed by atoms with Crippen LogP contribution in [0.2, 0.25) is 5.15 Å². The van der Waals surface area contributed by atoms with E-state index >= 15 is 0 Å². The Balaban J connectivity index is 1.72. The molecular formula is C25H15ClN2O2. The lowest BCUT2D eigenvalue weighted by atomic mass is 9.91. The van der Waals surface area contributed by atoms with E-state index in [0.29, 0.717) is 33.1 Å². The van der Waals surface area contributed by atoms with E-state index in [4.69, 9.17) is 11.6 Å². The van der Waals surface area contributed by atoms with Gasteiger partial charge in [-0.25, -0.2) is 9.88 Å². The summed E-state index contributed by atoms with van der Waals surface area (Å²) in [7, 11) is 0. The van der Waals surface area contributed by atoms with Crippen molar-refractivity contribution < 1.29 is 9.59 Å². The van der Waals surface area contributed by atoms with E-state index in [1.165, 1.54) is 4.90 Å². The summed E-state index contributed by atoms with van der Waals surface area (Å²) in [5, 5.41) is 1.22. The number of carbonyl (C=O) groups excluding carboxylic acids is 2. The minimum atomic E-state index is -0.394. The van der Waals surface area contributed by atoms with Crippen molar-refractivity contribution in [1.82, 2.24) is 4.98 Å². The maximum atomic E-state index is 13.5. The number of halogens is 1. The number of imide groups is 1. The van der Waals surface area contributed by atoms with Gasteiger partial charge in [-0.1, -0.05) is 66.2 Å². The van der Waals surface area contributed by atoms with Crippen LogP contribution >= 0.6 is 11.6 Å². The molecule has 30 heavy (non-hydrogen) atoms. The summed E-state index contributed by atoms with van der Waals surface area (Å²) in [6, 6.07) is 25.6. The van der Waals surface area contributed by atoms with Gasteiger partial charge in [0.2, 0.25) is 0 Å². The molecule has 5 rings (SSSR count). The smallest absolute Gasteiger partial charge is 0.265 e. The van der Waals surface area contributed by atoms with E-state index in [0.717, 1.165) is 10.9 Å². The standard InChI is InChI=1S/C25H15ClN2O2/c26-23-17(14-16-8-4-7-13-22(16)27-23)15-21-19-11-5-6-12-20(19)24(29)28(25(21)30)18-9-2-1-3-10-18/h1-15H/b21-15-. The van der Waals surface area contributed by atoms with Crippen LogP contribution in [0.15, 0.2) is 84.9 Å². The van der Waals surface area contributed by atoms with Gasteiger partial charge in [-0.05, 0) is 42.0 Å². The molecule has 0 unspecified atom stereocenters. The van der Waals surface area contributed by atoms with Crippen molar-refractivity contribution >= 4 is 51.7 Å². The molecule has 0 aliphatic carbocycles. The van der Waals surface area contributed by atoms with Crippen molar-refractivity contribution in [2.75, 3.05) is 4.90 Å². The van der Waals surface area contributed by atoms with Crippen molar-refractivity contribution in [2.24, 2.45) is 0 Å². The Morgan fingerprint density at radius 3 is 2.23 bits per heavy atom. The molecule has 4 nitrogen and oxygen atoms in total. The Hall–Kier alpha value is -3.76. The van der Waals surface area contributed by atoms with E-state index in [9.17, 15) is 9.59 Å². The normalized spacial score (nSPS) is 15.0. The first-order valence-electron chi connectivity index (χ1n) is 9.44. The van der Waals surface area contributed by atoms with Gasteiger partial charge in [-0.3, -0.25) is 9.59 Å². The minimum Gasteiger partial charge on any atom is -0.268 e. The maximum absolute atomic E-state index is 13.5. The molecule has 0 bridgehead atoms. The summed E-state index contributed by atoms with van der Waals surface area (Å²) in [4.78, 5) is 32.2. The molecule has 0 radical (unpaired) electrons. The first-order chi connectivity index (χ1) is 14.6. The second-order valence-corrected chi connectivity index (χ2v) is 7.30. The largest absolute Gasteiger partial charge is 0.268 e. The average Bonchev–Trinajstić information content (AvgIpc) is 2.78. The van der Waals surface area contributed by atoms with Gasteiger partial charge in [0.15, 0.2) is 0 Å². The van der Waals surface area contributed by atoms with Gasteiger partial charge in [-0.15, -0.1) is 0 Å². The third kappa shape index (κ3) is 2.98. The number of rotatable bonds is 2. The highest BCUT2D eigenvalue weighted by Gasteiger charge is 2.35. The van der Waals surface area contributed by atoms with Gasteiger partial charge in [-0.2, -0.15) is 0 Å². The van der Waals surface area contributed by atoms with Crippen LogP contribution in [0.4, 0.5) is 5.69 Å². The monoisotopic (exact) mass is 410 g/mol. The number of hydrogen-bond acceptors (Lipinski definition) is 3. The lowest BCUT2D eigenvalue weighted by Gasteiger charge is -2.28. The fourth-order valence-electron chi connectivity index (χ4n) is 3.67. The molecule has 0 fully saturated rings. The van der Waals surface area contributed by atoms with Crippen LogP contribution in [0.25, 0.3) is 22.6 Å². The second kappa shape index (κ2) is 7.25. The molecule has 4 aromatic rings. The van der Waals surface area contributed by atoms with Crippen molar-refractivity contribution in [2.45, 2.75) is 0 Å². The van der Waals surface area contributed by atoms with Crippen molar-refractivity contribution in [1.29, 1.82) is 0 Å². The number of pyridine rings is 1. The molecule has 0 atom stereocenters. The molecule has 0 saturated carbocycles. The quantitative estimate of drug-likeness (QED) is 0.245. The van der Waals surface area contributed by atoms with Crippen molar-refractivity contribution in [3.05, 3.63) is 107 Å². The number of fused-ring (bicyclic) bond motifs is 2. The summed E-state index contributed by atoms with van der Waals surface area (Å²) in [5.74, 6) is -0.740. The molecule has 0 saturated heterocycles. The van der Waals surface area contributed by atoms with Crippen LogP contribution in [0.3, 0.4) is 0 Å². The molecular weight excluding hydrogens is 396 g/mol. The summed E-state index contributed by atoms with van der Waals surface area (Å²) in [5.41, 5.74) is 3.38. The van der Waals surface area contributed by atoms with Gasteiger partial charge in [0, 0.05) is 22.1 Å². The molecule has 2 heterocycles. The molecule has 2 amide bonds. The van der Waals surface area contributed by atoms with Gasteiger partial charge in [0.05, 0.1) is 11.2 Å². The predicted molar refractivity (Wildman–Crippen MR) is 119 cm³/mol.